The van der Waals surface area contributed by atoms with Gasteiger partial charge in [-0.3, -0.25) is 51.5 Å². The Morgan fingerprint density at radius 2 is 0.510 bits per heavy atom. The minimum atomic E-state index is -4.81. The molecule has 0 radical (unpaired) electrons. The first-order valence-corrected chi connectivity index (χ1v) is 49.9. The van der Waals surface area contributed by atoms with E-state index in [-0.39, 0.29) is 233 Å². The predicted molar refractivity (Wildman–Crippen MR) is 520 cm³/mol. The molecule has 15 aromatic rings. The molecule has 5 aromatic carbocycles. The molecule has 10 amide bonds. The summed E-state index contributed by atoms with van der Waals surface area (Å²) in [5.74, 6) is -1.16. The smallest absolute Gasteiger partial charge is 0.406 e. The number of benzene rings is 5. The Morgan fingerprint density at radius 3 is 0.805 bits per heavy atom. The van der Waals surface area contributed by atoms with Gasteiger partial charge in [-0.15, -0.1) is 26.3 Å². The van der Waals surface area contributed by atoms with Crippen molar-refractivity contribution in [3.63, 3.8) is 0 Å². The molecule has 60 heteroatoms. The SMILES string of the molecule is O=C(Nc1nc2cc(C(F)(F)F)ccc2s1)N1CCC(F)(c2nccnc2Cl)CC1.O=C(Nc1nc2cc(F)ccc2s1)N1CCC(F)(c2nccnc2Cl)CC1.O=C(Nc1nc2cc(OC(F)(F)F)ccc2s1)N1CCC(F)(c2nccnc2Cl)CC1.O=C(Nc1nc2ccc(C(F)(F)F)cc2s1)N1CCC(F)(c2nccnc2Cl)CC1.O=C(Nc1nc2ccc(OC(F)(F)F)cc2s1)N1CCC(F)(c2nccnc2Cl)CC1. The van der Waals surface area contributed by atoms with Crippen LogP contribution in [0.3, 0.4) is 0 Å². The van der Waals surface area contributed by atoms with Crippen LogP contribution in [0.2, 0.25) is 25.8 Å². The van der Waals surface area contributed by atoms with Crippen molar-refractivity contribution in [1.82, 2.24) is 99.3 Å². The number of amides is 10. The van der Waals surface area contributed by atoms with E-state index in [4.69, 9.17) is 58.0 Å². The number of alkyl halides is 17. The number of hydrogen-bond donors (Lipinski definition) is 5. The van der Waals surface area contributed by atoms with E-state index in [1.165, 1.54) is 146 Å². The van der Waals surface area contributed by atoms with Crippen LogP contribution in [-0.4, -0.2) is 208 Å². The minimum absolute atomic E-state index is 0.00316. The molecule has 149 heavy (non-hydrogen) atoms. The van der Waals surface area contributed by atoms with E-state index in [1.54, 1.807) is 6.07 Å². The Labute approximate surface area is 872 Å². The average molecular weight is 2280 g/mol. The Kier molecular flexibility index (Phi) is 32.6. The maximum atomic E-state index is 15.3. The molecule has 15 heterocycles. The van der Waals surface area contributed by atoms with Gasteiger partial charge < -0.3 is 34.0 Å². The summed E-state index contributed by atoms with van der Waals surface area (Å²) in [4.78, 5) is 130. The Morgan fingerprint density at radius 1 is 0.282 bits per heavy atom. The lowest BCUT2D eigenvalue weighted by Crippen LogP contribution is -2.45. The number of carbonyl (C=O) groups is 5. The van der Waals surface area contributed by atoms with Crippen molar-refractivity contribution < 1.29 is 112 Å². The van der Waals surface area contributed by atoms with E-state index in [1.807, 2.05) is 0 Å². The van der Waals surface area contributed by atoms with E-state index in [0.717, 1.165) is 86.4 Å². The number of carbonyl (C=O) groups excluding carboxylic acids is 5. The monoisotopic (exact) mass is 2280 g/mol. The van der Waals surface area contributed by atoms with Crippen LogP contribution in [-0.2, 0) is 40.7 Å². The number of piperidine rings is 5. The Hall–Kier alpha value is -12.9. The molecule has 32 nitrogen and oxygen atoms in total. The molecule has 0 unspecified atom stereocenters. The zero-order valence-corrected chi connectivity index (χ0v) is 83.5. The van der Waals surface area contributed by atoms with E-state index in [0.29, 0.717) is 40.5 Å². The molecule has 20 rings (SSSR count). The molecule has 0 atom stereocenters. The number of rotatable bonds is 12. The van der Waals surface area contributed by atoms with Crippen molar-refractivity contribution in [1.29, 1.82) is 0 Å². The normalized spacial score (nSPS) is 16.5. The van der Waals surface area contributed by atoms with Gasteiger partial charge in [-0.2, -0.15) is 26.3 Å². The van der Waals surface area contributed by atoms with Crippen LogP contribution >= 0.6 is 115 Å². The third-order valence-electron chi connectivity index (χ3n) is 23.6. The minimum Gasteiger partial charge on any atom is -0.406 e. The summed E-state index contributed by atoms with van der Waals surface area (Å²) in [6, 6.07) is 15.8. The second-order valence-corrected chi connectivity index (χ2v) is 40.3. The third kappa shape index (κ3) is 26.7. The first-order valence-electron chi connectivity index (χ1n) is 44.0. The molecule has 0 aliphatic carbocycles. The predicted octanol–water partition coefficient (Wildman–Crippen LogP) is 25.1. The lowest BCUT2D eigenvalue weighted by molar-refractivity contribution is -0.275. The van der Waals surface area contributed by atoms with Gasteiger partial charge in [0.1, 0.15) is 45.8 Å². The zero-order valence-electron chi connectivity index (χ0n) is 75.6. The average Bonchev–Trinajstić information content (AvgIpc) is 1.78. The highest BCUT2D eigenvalue weighted by atomic mass is 35.5. The van der Waals surface area contributed by atoms with Gasteiger partial charge in [0.2, 0.25) is 0 Å². The van der Waals surface area contributed by atoms with Gasteiger partial charge in [0.25, 0.3) is 0 Å². The number of halogens is 23. The molecule has 784 valence electrons. The fourth-order valence-corrected chi connectivity index (χ4v) is 21.7. The second kappa shape index (κ2) is 44.7. The summed E-state index contributed by atoms with van der Waals surface area (Å²) >= 11 is 35.1. The Balaban J connectivity index is 0.000000133. The molecule has 10 aromatic heterocycles. The van der Waals surface area contributed by atoms with Crippen LogP contribution in [0.1, 0.15) is 104 Å². The molecular weight excluding hydrogens is 2210 g/mol. The summed E-state index contributed by atoms with van der Waals surface area (Å²) in [5.41, 5.74) is -8.48. The fourth-order valence-electron chi connectivity index (χ4n) is 16.0. The summed E-state index contributed by atoms with van der Waals surface area (Å²) in [7, 11) is 0. The number of anilines is 5. The largest absolute Gasteiger partial charge is 0.573 e. The number of nitrogens with zero attached hydrogens (tertiary/aromatic N) is 20. The second-order valence-electron chi connectivity index (χ2n) is 33.3. The number of urea groups is 5. The van der Waals surface area contributed by atoms with Crippen LogP contribution < -0.4 is 36.1 Å². The van der Waals surface area contributed by atoms with Crippen molar-refractivity contribution in [3.8, 4) is 11.5 Å². The van der Waals surface area contributed by atoms with E-state index in [2.05, 4.69) is 111 Å². The molecule has 5 N–H and O–H groups in total. The summed E-state index contributed by atoms with van der Waals surface area (Å²) in [5, 5.41) is 14.2. The summed E-state index contributed by atoms with van der Waals surface area (Å²) < 4.78 is 251. The maximum Gasteiger partial charge on any atom is 0.573 e. The number of hydrogen-bond acceptors (Lipinski definition) is 27. The molecular formula is C89H70Cl5F18N25O7S5. The number of thiazole rings is 5. The van der Waals surface area contributed by atoms with Crippen molar-refractivity contribution in [2.45, 2.75) is 118 Å². The summed E-state index contributed by atoms with van der Waals surface area (Å²) in [6.07, 6.45) is -4.71. The fraction of sp³-hybridized carbons (Fsp3) is 0.326. The van der Waals surface area contributed by atoms with Crippen LogP contribution in [0.25, 0.3) is 51.1 Å². The number of fused-ring (bicyclic) bond motifs is 5. The maximum absolute atomic E-state index is 15.3. The molecule has 0 spiro atoms. The standard InChI is InChI=1S/2C18H14ClF4N5O2S.2C18H14ClF4N5OS.C17H14ClF2N5OS/c19-14-13(24-5-6-25-14)17(20)3-7-28(8-4-17)16(29)27-15-26-11-9-10(30-18(21,22)23)1-2-12(11)31-15;19-14-13(24-5-6-25-14)17(20)3-7-28(8-4-17)16(29)27-15-26-11-2-1-10(9-12(11)31-15)30-18(21,22)23;19-14-13(24-5-6-25-14)17(20)3-7-28(8-4-17)16(29)27-15-26-11-9-10(18(21,22)23)1-2-12(11)30-15;19-14-13(24-5-6-25-14)17(20)3-7-28(8-4-17)16(29)27-15-26-11-2-1-10(18(21,22)23)9-12(11)30-15;18-14-13(21-5-6-22-14)17(20)3-7-25(8-4-17)16(26)24-15-23-11-9-10(19)1-2-12(11)27-15/h2*1-2,5-6,9H,3-4,7-8H2,(H,26,27,29);2*1-2,5-6,9H,3-4,7-8H2,(H,26,27,29);1-2,5-6,9H,3-4,7-8H2,(H,23,24,26). The molecule has 5 saturated heterocycles. The van der Waals surface area contributed by atoms with E-state index >= 15 is 22.0 Å². The number of aromatic nitrogens is 15. The van der Waals surface area contributed by atoms with Crippen LogP contribution in [0.15, 0.2) is 153 Å². The molecule has 5 aliphatic rings. The van der Waals surface area contributed by atoms with Gasteiger partial charge in [0.15, 0.2) is 79.8 Å². The van der Waals surface area contributed by atoms with Gasteiger partial charge in [-0.25, -0.2) is 100 Å². The van der Waals surface area contributed by atoms with Gasteiger partial charge in [-0.1, -0.05) is 115 Å². The third-order valence-corrected chi connectivity index (χ3v) is 29.7. The highest BCUT2D eigenvalue weighted by Crippen LogP contribution is 2.47. The molecule has 0 saturated carbocycles. The number of ether oxygens (including phenoxy) is 2. The molecule has 5 fully saturated rings. The van der Waals surface area contributed by atoms with Gasteiger partial charge in [0, 0.05) is 210 Å². The van der Waals surface area contributed by atoms with Gasteiger partial charge in [-0.05, 0) is 72.8 Å². The zero-order chi connectivity index (χ0) is 107. The summed E-state index contributed by atoms with van der Waals surface area (Å²) in [6.45, 7) is 1.30. The number of nitrogens with one attached hydrogen (secondary N) is 5. The van der Waals surface area contributed by atoms with E-state index in [9.17, 15) is 81.0 Å². The lowest BCUT2D eigenvalue weighted by atomic mass is 9.90. The van der Waals surface area contributed by atoms with Crippen molar-refractivity contribution in [3.05, 3.63) is 224 Å². The Bertz CT molecular complexity index is 7080. The van der Waals surface area contributed by atoms with E-state index < -0.39 is 94.4 Å². The first kappa shape index (κ1) is 109. The lowest BCUT2D eigenvalue weighted by Gasteiger charge is -2.35. The van der Waals surface area contributed by atoms with Gasteiger partial charge in [0.05, 0.1) is 62.2 Å². The van der Waals surface area contributed by atoms with Crippen LogP contribution in [0, 0.1) is 5.82 Å². The van der Waals surface area contributed by atoms with Crippen molar-refractivity contribution >= 4 is 222 Å². The van der Waals surface area contributed by atoms with Crippen molar-refractivity contribution in [2.75, 3.05) is 92.0 Å². The van der Waals surface area contributed by atoms with Crippen LogP contribution in [0.4, 0.5) is 129 Å². The topological polar surface area (TPSA) is 374 Å². The van der Waals surface area contributed by atoms with Crippen molar-refractivity contribution in [2.24, 2.45) is 0 Å². The molecule has 5 aliphatic heterocycles. The highest BCUT2D eigenvalue weighted by Gasteiger charge is 2.48. The number of likely N-dealkylation sites (tertiary alicyclic amines) is 5. The van der Waals surface area contributed by atoms with Gasteiger partial charge >= 0.3 is 55.2 Å². The first-order chi connectivity index (χ1) is 70.5. The molecule has 0 bridgehead atoms. The highest BCUT2D eigenvalue weighted by molar-refractivity contribution is 7.23. The van der Waals surface area contributed by atoms with Crippen LogP contribution in [0.5, 0.6) is 11.5 Å². The quantitative estimate of drug-likeness (QED) is 0.0709.